The van der Waals surface area contributed by atoms with Crippen molar-refractivity contribution >= 4 is 8.58 Å². The van der Waals surface area contributed by atoms with E-state index in [-0.39, 0.29) is 0 Å². The van der Waals surface area contributed by atoms with E-state index in [1.807, 2.05) is 0 Å². The maximum atomic E-state index is 2.30. The van der Waals surface area contributed by atoms with Crippen LogP contribution in [0.2, 0.25) is 0 Å². The summed E-state index contributed by atoms with van der Waals surface area (Å²) in [5, 5.41) is 0. The summed E-state index contributed by atoms with van der Waals surface area (Å²) in [7, 11) is 1.23. The molecule has 0 N–H and O–H groups in total. The van der Waals surface area contributed by atoms with Crippen molar-refractivity contribution in [3.63, 3.8) is 0 Å². The molecule has 0 heterocycles. The molecule has 0 fully saturated rings. The highest BCUT2D eigenvalue weighted by molar-refractivity contribution is 7.37. The van der Waals surface area contributed by atoms with E-state index in [0.29, 0.717) is 0 Å². The van der Waals surface area contributed by atoms with Crippen LogP contribution in [0.25, 0.3) is 0 Å². The second kappa shape index (κ2) is 14.4. The summed E-state index contributed by atoms with van der Waals surface area (Å²) in [6, 6.07) is 0. The van der Waals surface area contributed by atoms with Crippen molar-refractivity contribution in [3.8, 4) is 0 Å². The van der Waals surface area contributed by atoms with Gasteiger partial charge in [0.05, 0.1) is 0 Å². The number of unbranched alkanes of at least 4 members (excludes halogenated alkanes) is 9. The Morgan fingerprint density at radius 1 is 0.600 bits per heavy atom. The fourth-order valence-electron chi connectivity index (χ4n) is 1.91. The van der Waals surface area contributed by atoms with E-state index in [1.165, 1.54) is 85.1 Å². The Kier molecular flexibility index (Phi) is 14.8. The molecule has 0 aromatic heterocycles. The highest BCUT2D eigenvalue weighted by Crippen LogP contribution is 2.14. The standard InChI is InChI=1S/C14H31P/c1-3-5-6-7-8-9-10-11-12-13-14-15-4-2/h15H,3-14H2,1-2H3. The number of hydrogen-bond donors (Lipinski definition) is 0. The number of hydrogen-bond acceptors (Lipinski definition) is 0. The topological polar surface area (TPSA) is 0 Å². The molecule has 1 unspecified atom stereocenters. The first-order chi connectivity index (χ1) is 7.41. The normalized spacial score (nSPS) is 11.6. The van der Waals surface area contributed by atoms with Gasteiger partial charge < -0.3 is 0 Å². The third-order valence-corrected chi connectivity index (χ3v) is 4.16. The second-order valence-electron chi connectivity index (χ2n) is 4.54. The summed E-state index contributed by atoms with van der Waals surface area (Å²) in [5.41, 5.74) is 0. The van der Waals surface area contributed by atoms with Gasteiger partial charge in [-0.2, -0.15) is 0 Å². The van der Waals surface area contributed by atoms with Gasteiger partial charge in [0.2, 0.25) is 0 Å². The predicted molar refractivity (Wildman–Crippen MR) is 75.6 cm³/mol. The average molecular weight is 230 g/mol. The quantitative estimate of drug-likeness (QED) is 0.302. The maximum Gasteiger partial charge on any atom is -0.0354 e. The number of rotatable bonds is 12. The molecule has 0 saturated carbocycles. The average Bonchev–Trinajstić information content (AvgIpc) is 2.26. The monoisotopic (exact) mass is 230 g/mol. The van der Waals surface area contributed by atoms with Gasteiger partial charge in [-0.25, -0.2) is 0 Å². The summed E-state index contributed by atoms with van der Waals surface area (Å²) in [4.78, 5) is 0. The lowest BCUT2D eigenvalue weighted by atomic mass is 10.1. The minimum absolute atomic E-state index is 1.23. The highest BCUT2D eigenvalue weighted by atomic mass is 31.1. The first-order valence-corrected chi connectivity index (χ1v) is 8.54. The van der Waals surface area contributed by atoms with E-state index in [0.717, 1.165) is 0 Å². The third kappa shape index (κ3) is 14.4. The lowest BCUT2D eigenvalue weighted by molar-refractivity contribution is 0.563. The van der Waals surface area contributed by atoms with Crippen LogP contribution in [0.4, 0.5) is 0 Å². The van der Waals surface area contributed by atoms with Crippen LogP contribution in [0, 0.1) is 0 Å². The lowest BCUT2D eigenvalue weighted by Crippen LogP contribution is -1.83. The van der Waals surface area contributed by atoms with E-state index in [2.05, 4.69) is 13.8 Å². The van der Waals surface area contributed by atoms with E-state index in [1.54, 1.807) is 0 Å². The van der Waals surface area contributed by atoms with Crippen LogP contribution in [0.15, 0.2) is 0 Å². The first kappa shape index (κ1) is 15.4. The minimum Gasteiger partial charge on any atom is -0.122 e. The molecule has 0 aliphatic rings. The summed E-state index contributed by atoms with van der Waals surface area (Å²) in [6.45, 7) is 4.59. The molecule has 1 heteroatoms. The van der Waals surface area contributed by atoms with Crippen molar-refractivity contribution < 1.29 is 0 Å². The zero-order chi connectivity index (χ0) is 11.2. The van der Waals surface area contributed by atoms with Gasteiger partial charge in [-0.15, -0.1) is 8.58 Å². The van der Waals surface area contributed by atoms with Crippen LogP contribution in [-0.2, 0) is 0 Å². The summed E-state index contributed by atoms with van der Waals surface area (Å²) < 4.78 is 0. The van der Waals surface area contributed by atoms with Gasteiger partial charge in [-0.1, -0.05) is 71.6 Å². The molecule has 0 amide bonds. The molecule has 0 rings (SSSR count). The van der Waals surface area contributed by atoms with Gasteiger partial charge in [0.1, 0.15) is 0 Å². The zero-order valence-electron chi connectivity index (χ0n) is 11.0. The second-order valence-corrected chi connectivity index (χ2v) is 6.24. The largest absolute Gasteiger partial charge is 0.122 e. The Hall–Kier alpha value is 0.430. The first-order valence-electron chi connectivity index (χ1n) is 7.12. The van der Waals surface area contributed by atoms with Crippen molar-refractivity contribution in [2.45, 2.75) is 78.1 Å². The molecule has 0 radical (unpaired) electrons. The van der Waals surface area contributed by atoms with Crippen LogP contribution in [0.3, 0.4) is 0 Å². The molecule has 0 aromatic rings. The molecule has 0 aromatic carbocycles. The van der Waals surface area contributed by atoms with Gasteiger partial charge in [0.15, 0.2) is 0 Å². The molecule has 0 aliphatic carbocycles. The molecule has 0 bridgehead atoms. The predicted octanol–water partition coefficient (Wildman–Crippen LogP) is 5.61. The molecule has 0 saturated heterocycles. The lowest BCUT2D eigenvalue weighted by Gasteiger charge is -2.02. The van der Waals surface area contributed by atoms with Gasteiger partial charge >= 0.3 is 0 Å². The smallest absolute Gasteiger partial charge is 0.0354 e. The van der Waals surface area contributed by atoms with Crippen LogP contribution in [-0.4, -0.2) is 12.3 Å². The molecule has 0 spiro atoms. The fourth-order valence-corrected chi connectivity index (χ4v) is 2.77. The van der Waals surface area contributed by atoms with Crippen LogP contribution in [0.5, 0.6) is 0 Å². The molecule has 0 aliphatic heterocycles. The Morgan fingerprint density at radius 2 is 1.07 bits per heavy atom. The van der Waals surface area contributed by atoms with Gasteiger partial charge in [0.25, 0.3) is 0 Å². The van der Waals surface area contributed by atoms with E-state index >= 15 is 0 Å². The van der Waals surface area contributed by atoms with Crippen LogP contribution < -0.4 is 0 Å². The van der Waals surface area contributed by atoms with Crippen molar-refractivity contribution in [1.29, 1.82) is 0 Å². The van der Waals surface area contributed by atoms with Gasteiger partial charge in [-0.3, -0.25) is 0 Å². The van der Waals surface area contributed by atoms with E-state index in [9.17, 15) is 0 Å². The Balaban J connectivity index is 2.81. The van der Waals surface area contributed by atoms with Gasteiger partial charge in [-0.05, 0) is 18.7 Å². The molecular weight excluding hydrogens is 199 g/mol. The van der Waals surface area contributed by atoms with E-state index in [4.69, 9.17) is 0 Å². The summed E-state index contributed by atoms with van der Waals surface area (Å²) >= 11 is 0. The minimum atomic E-state index is 1.23. The molecule has 15 heavy (non-hydrogen) atoms. The summed E-state index contributed by atoms with van der Waals surface area (Å²) in [5.74, 6) is 0. The van der Waals surface area contributed by atoms with Crippen molar-refractivity contribution in [2.24, 2.45) is 0 Å². The summed E-state index contributed by atoms with van der Waals surface area (Å²) in [6.07, 6.45) is 17.6. The maximum absolute atomic E-state index is 2.30. The zero-order valence-corrected chi connectivity index (χ0v) is 12.0. The third-order valence-electron chi connectivity index (χ3n) is 2.96. The van der Waals surface area contributed by atoms with Crippen LogP contribution in [0.1, 0.15) is 78.1 Å². The molecule has 0 nitrogen and oxygen atoms in total. The van der Waals surface area contributed by atoms with Crippen molar-refractivity contribution in [2.75, 3.05) is 12.3 Å². The van der Waals surface area contributed by atoms with Gasteiger partial charge in [0, 0.05) is 0 Å². The Morgan fingerprint density at radius 3 is 1.53 bits per heavy atom. The van der Waals surface area contributed by atoms with Crippen molar-refractivity contribution in [3.05, 3.63) is 0 Å². The van der Waals surface area contributed by atoms with E-state index < -0.39 is 0 Å². The SMILES string of the molecule is CCCCCCCCCCCCPCC. The molecular formula is C14H31P. The molecule has 1 atom stereocenters. The Bertz CT molecular complexity index is 89.5. The highest BCUT2D eigenvalue weighted by Gasteiger charge is 1.92. The van der Waals surface area contributed by atoms with Crippen molar-refractivity contribution in [1.82, 2.24) is 0 Å². The van der Waals surface area contributed by atoms with Crippen LogP contribution >= 0.6 is 8.58 Å². The fraction of sp³-hybridized carbons (Fsp3) is 1.00. The molecule has 92 valence electrons. The Labute approximate surface area is 99.4 Å².